The van der Waals surface area contributed by atoms with E-state index in [1.165, 1.54) is 24.0 Å². The van der Waals surface area contributed by atoms with Crippen molar-refractivity contribution < 1.29 is 19.0 Å². The summed E-state index contributed by atoms with van der Waals surface area (Å²) in [5.74, 6) is 1.87. The molecule has 1 amide bonds. The Kier molecular flexibility index (Phi) is 6.34. The number of nitrogens with zero attached hydrogens (tertiary/aromatic N) is 2. The molecule has 1 aliphatic rings. The average Bonchev–Trinajstić information content (AvgIpc) is 3.45. The van der Waals surface area contributed by atoms with Gasteiger partial charge >= 0.3 is 0 Å². The van der Waals surface area contributed by atoms with Gasteiger partial charge in [-0.3, -0.25) is 4.79 Å². The third-order valence-corrected chi connectivity index (χ3v) is 5.59. The number of thiazole rings is 1. The maximum atomic E-state index is 12.3. The highest BCUT2D eigenvalue weighted by molar-refractivity contribution is 7.14. The standard InChI is InChI=1S/C23H21N3O4S/c1-28-21-11-15(13-24)4-6-20(21)29-9-2-3-22(27)26-23-25-18(14-31-23)16-5-7-19-17(12-16)8-10-30-19/h4-7,11-12,14H,2-3,8-10H2,1H3,(H,25,26,27). The van der Waals surface area contributed by atoms with E-state index >= 15 is 0 Å². The fraction of sp³-hybridized carbons (Fsp3) is 0.261. The molecule has 158 valence electrons. The van der Waals surface area contributed by atoms with Crippen molar-refractivity contribution in [3.8, 4) is 34.6 Å². The molecule has 31 heavy (non-hydrogen) atoms. The predicted octanol–water partition coefficient (Wildman–Crippen LogP) is 4.42. The van der Waals surface area contributed by atoms with E-state index < -0.39 is 0 Å². The monoisotopic (exact) mass is 435 g/mol. The molecule has 1 aromatic heterocycles. The summed E-state index contributed by atoms with van der Waals surface area (Å²) in [6.07, 6.45) is 1.76. The summed E-state index contributed by atoms with van der Waals surface area (Å²) >= 11 is 1.40. The molecule has 2 aromatic carbocycles. The Hall–Kier alpha value is -3.57. The number of hydrogen-bond donors (Lipinski definition) is 1. The molecule has 0 aliphatic carbocycles. The molecule has 0 spiro atoms. The van der Waals surface area contributed by atoms with Crippen LogP contribution in [0.25, 0.3) is 11.3 Å². The summed E-state index contributed by atoms with van der Waals surface area (Å²) in [4.78, 5) is 16.8. The number of fused-ring (bicyclic) bond motifs is 1. The average molecular weight is 436 g/mol. The van der Waals surface area contributed by atoms with E-state index in [4.69, 9.17) is 19.5 Å². The first kappa shape index (κ1) is 20.7. The molecule has 2 heterocycles. The van der Waals surface area contributed by atoms with Crippen molar-refractivity contribution >= 4 is 22.4 Å². The Morgan fingerprint density at radius 2 is 2.19 bits per heavy atom. The van der Waals surface area contributed by atoms with Crippen LogP contribution in [0, 0.1) is 11.3 Å². The minimum atomic E-state index is -0.112. The Morgan fingerprint density at radius 1 is 1.29 bits per heavy atom. The Morgan fingerprint density at radius 3 is 3.03 bits per heavy atom. The van der Waals surface area contributed by atoms with E-state index in [-0.39, 0.29) is 5.91 Å². The predicted molar refractivity (Wildman–Crippen MR) is 118 cm³/mol. The number of nitriles is 1. The molecule has 0 atom stereocenters. The van der Waals surface area contributed by atoms with E-state index in [0.717, 1.165) is 30.0 Å². The number of anilines is 1. The Balaban J connectivity index is 1.26. The summed E-state index contributed by atoms with van der Waals surface area (Å²) in [5.41, 5.74) is 3.55. The number of ether oxygens (including phenoxy) is 3. The number of carbonyl (C=O) groups excluding carboxylic acids is 1. The third kappa shape index (κ3) is 4.95. The zero-order valence-electron chi connectivity index (χ0n) is 17.0. The maximum Gasteiger partial charge on any atom is 0.226 e. The van der Waals surface area contributed by atoms with E-state index in [2.05, 4.69) is 22.4 Å². The molecule has 0 unspecified atom stereocenters. The normalized spacial score (nSPS) is 11.9. The molecule has 0 bridgehead atoms. The van der Waals surface area contributed by atoms with Crippen LogP contribution < -0.4 is 19.5 Å². The molecule has 0 saturated carbocycles. The summed E-state index contributed by atoms with van der Waals surface area (Å²) in [6.45, 7) is 1.08. The highest BCUT2D eigenvalue weighted by Crippen LogP contribution is 2.32. The Labute approximate surface area is 184 Å². The van der Waals surface area contributed by atoms with Gasteiger partial charge in [-0.15, -0.1) is 11.3 Å². The molecule has 4 rings (SSSR count). The largest absolute Gasteiger partial charge is 0.493 e. The number of amides is 1. The van der Waals surface area contributed by atoms with Gasteiger partial charge in [-0.2, -0.15) is 5.26 Å². The molecular formula is C23H21N3O4S. The summed E-state index contributed by atoms with van der Waals surface area (Å²) in [6, 6.07) is 13.1. The van der Waals surface area contributed by atoms with Crippen LogP contribution in [0.15, 0.2) is 41.8 Å². The fourth-order valence-corrected chi connectivity index (χ4v) is 4.00. The van der Waals surface area contributed by atoms with Crippen LogP contribution in [0.5, 0.6) is 17.2 Å². The van der Waals surface area contributed by atoms with Gasteiger partial charge < -0.3 is 19.5 Å². The van der Waals surface area contributed by atoms with Crippen molar-refractivity contribution in [2.75, 3.05) is 25.6 Å². The molecule has 0 fully saturated rings. The van der Waals surface area contributed by atoms with Crippen LogP contribution in [0.4, 0.5) is 5.13 Å². The summed E-state index contributed by atoms with van der Waals surface area (Å²) < 4.78 is 16.5. The lowest BCUT2D eigenvalue weighted by Gasteiger charge is -2.10. The number of nitrogens with one attached hydrogen (secondary N) is 1. The molecular weight excluding hydrogens is 414 g/mol. The van der Waals surface area contributed by atoms with Crippen LogP contribution in [-0.4, -0.2) is 31.2 Å². The van der Waals surface area contributed by atoms with Gasteiger partial charge in [-0.25, -0.2) is 4.98 Å². The van der Waals surface area contributed by atoms with Gasteiger partial charge in [0.15, 0.2) is 16.6 Å². The quantitative estimate of drug-likeness (QED) is 0.527. The molecule has 8 heteroatoms. The number of benzene rings is 2. The number of aromatic nitrogens is 1. The van der Waals surface area contributed by atoms with Crippen molar-refractivity contribution in [1.82, 2.24) is 4.98 Å². The second-order valence-electron chi connectivity index (χ2n) is 6.94. The van der Waals surface area contributed by atoms with Crippen molar-refractivity contribution in [2.24, 2.45) is 0 Å². The van der Waals surface area contributed by atoms with Crippen molar-refractivity contribution in [3.05, 3.63) is 52.9 Å². The van der Waals surface area contributed by atoms with Crippen LogP contribution in [0.2, 0.25) is 0 Å². The van der Waals surface area contributed by atoms with E-state index in [1.54, 1.807) is 18.2 Å². The highest BCUT2D eigenvalue weighted by Gasteiger charge is 2.14. The lowest BCUT2D eigenvalue weighted by molar-refractivity contribution is -0.116. The van der Waals surface area contributed by atoms with Gasteiger partial charge in [0.1, 0.15) is 5.75 Å². The van der Waals surface area contributed by atoms with Gasteiger partial charge in [0.05, 0.1) is 37.7 Å². The van der Waals surface area contributed by atoms with Crippen LogP contribution in [0.1, 0.15) is 24.0 Å². The fourth-order valence-electron chi connectivity index (χ4n) is 3.26. The smallest absolute Gasteiger partial charge is 0.226 e. The van der Waals surface area contributed by atoms with Crippen LogP contribution in [-0.2, 0) is 11.2 Å². The maximum absolute atomic E-state index is 12.3. The van der Waals surface area contributed by atoms with Gasteiger partial charge in [-0.05, 0) is 42.3 Å². The lowest BCUT2D eigenvalue weighted by atomic mass is 10.1. The first-order valence-corrected chi connectivity index (χ1v) is 10.8. The zero-order valence-corrected chi connectivity index (χ0v) is 17.8. The molecule has 1 aliphatic heterocycles. The van der Waals surface area contributed by atoms with Crippen molar-refractivity contribution in [1.29, 1.82) is 5.26 Å². The van der Waals surface area contributed by atoms with Crippen molar-refractivity contribution in [2.45, 2.75) is 19.3 Å². The van der Waals surface area contributed by atoms with E-state index in [9.17, 15) is 4.79 Å². The lowest BCUT2D eigenvalue weighted by Crippen LogP contribution is -2.12. The van der Waals surface area contributed by atoms with Crippen molar-refractivity contribution in [3.63, 3.8) is 0 Å². The minimum absolute atomic E-state index is 0.112. The molecule has 0 radical (unpaired) electrons. The van der Waals surface area contributed by atoms with Crippen LogP contribution >= 0.6 is 11.3 Å². The first-order chi connectivity index (χ1) is 15.2. The highest BCUT2D eigenvalue weighted by atomic mass is 32.1. The SMILES string of the molecule is COc1cc(C#N)ccc1OCCCC(=O)Nc1nc(-c2ccc3c(c2)CCO3)cs1. The van der Waals surface area contributed by atoms with Gasteiger partial charge in [0, 0.05) is 29.9 Å². The first-order valence-electron chi connectivity index (χ1n) is 9.88. The van der Waals surface area contributed by atoms with Crippen LogP contribution in [0.3, 0.4) is 0 Å². The van der Waals surface area contributed by atoms with Gasteiger partial charge in [-0.1, -0.05) is 0 Å². The second-order valence-corrected chi connectivity index (χ2v) is 7.79. The molecule has 1 N–H and O–H groups in total. The van der Waals surface area contributed by atoms with E-state index in [1.807, 2.05) is 17.5 Å². The third-order valence-electron chi connectivity index (χ3n) is 4.83. The number of hydrogen-bond acceptors (Lipinski definition) is 7. The number of rotatable bonds is 8. The van der Waals surface area contributed by atoms with E-state index in [0.29, 0.717) is 41.6 Å². The topological polar surface area (TPSA) is 93.5 Å². The minimum Gasteiger partial charge on any atom is -0.493 e. The number of methoxy groups -OCH3 is 1. The van der Waals surface area contributed by atoms with Gasteiger partial charge in [0.25, 0.3) is 0 Å². The molecule has 3 aromatic rings. The molecule has 7 nitrogen and oxygen atoms in total. The molecule has 0 saturated heterocycles. The summed E-state index contributed by atoms with van der Waals surface area (Å²) in [7, 11) is 1.52. The zero-order chi connectivity index (χ0) is 21.6. The second kappa shape index (κ2) is 9.49. The van der Waals surface area contributed by atoms with Gasteiger partial charge in [0.2, 0.25) is 5.91 Å². The number of carbonyl (C=O) groups is 1. The Bertz CT molecular complexity index is 1140. The summed E-state index contributed by atoms with van der Waals surface area (Å²) in [5, 5.41) is 14.3.